The Kier molecular flexibility index (Phi) is 4.10. The van der Waals surface area contributed by atoms with Crippen molar-refractivity contribution in [3.63, 3.8) is 0 Å². The highest BCUT2D eigenvalue weighted by Gasteiger charge is 1.98. The predicted octanol–water partition coefficient (Wildman–Crippen LogP) is 3.37. The fraction of sp³-hybridized carbons (Fsp3) is 0.400. The number of hydrogen-bond acceptors (Lipinski definition) is 2. The van der Waals surface area contributed by atoms with Crippen LogP contribution in [0.1, 0.15) is 26.0 Å². The van der Waals surface area contributed by atoms with Gasteiger partial charge in [0.05, 0.1) is 11.2 Å². The number of aromatic nitrogens is 1. The summed E-state index contributed by atoms with van der Waals surface area (Å²) in [6, 6.07) is 12.5. The van der Waals surface area contributed by atoms with E-state index in [4.69, 9.17) is 0 Å². The molecule has 0 saturated carbocycles. The normalized spacial score (nSPS) is 11.2. The molecule has 0 atom stereocenters. The van der Waals surface area contributed by atoms with Crippen LogP contribution < -0.4 is 5.32 Å². The minimum absolute atomic E-state index is 0.757. The number of fused-ring (bicyclic) bond motifs is 1. The second kappa shape index (κ2) is 5.78. The van der Waals surface area contributed by atoms with Crippen LogP contribution in [0, 0.1) is 5.92 Å². The first kappa shape index (κ1) is 12.1. The van der Waals surface area contributed by atoms with Gasteiger partial charge in [-0.3, -0.25) is 4.98 Å². The zero-order chi connectivity index (χ0) is 12.1. The highest BCUT2D eigenvalue weighted by Crippen LogP contribution is 2.11. The number of nitrogens with one attached hydrogen (secondary N) is 1. The Bertz CT molecular complexity index is 477. The summed E-state index contributed by atoms with van der Waals surface area (Å²) in [7, 11) is 0. The second-order valence-corrected chi connectivity index (χ2v) is 4.85. The molecule has 0 bridgehead atoms. The average molecular weight is 228 g/mol. The van der Waals surface area contributed by atoms with E-state index in [-0.39, 0.29) is 0 Å². The third kappa shape index (κ3) is 3.53. The summed E-state index contributed by atoms with van der Waals surface area (Å²) >= 11 is 0. The lowest BCUT2D eigenvalue weighted by atomic mass is 10.1. The van der Waals surface area contributed by atoms with Crippen molar-refractivity contribution in [2.24, 2.45) is 5.92 Å². The van der Waals surface area contributed by atoms with Gasteiger partial charge in [-0.15, -0.1) is 0 Å². The zero-order valence-electron chi connectivity index (χ0n) is 10.6. The molecule has 1 N–H and O–H groups in total. The third-order valence-corrected chi connectivity index (χ3v) is 2.86. The van der Waals surface area contributed by atoms with Crippen LogP contribution in [0.15, 0.2) is 36.4 Å². The number of hydrogen-bond donors (Lipinski definition) is 1. The van der Waals surface area contributed by atoms with E-state index < -0.39 is 0 Å². The molecule has 17 heavy (non-hydrogen) atoms. The van der Waals surface area contributed by atoms with Gasteiger partial charge in [0.2, 0.25) is 0 Å². The number of rotatable bonds is 5. The molecule has 1 aromatic heterocycles. The van der Waals surface area contributed by atoms with E-state index in [1.165, 1.54) is 11.8 Å². The maximum absolute atomic E-state index is 4.63. The standard InChI is InChI=1S/C15H20N2/c1-12(2)9-10-16-11-14-8-7-13-5-3-4-6-15(13)17-14/h3-8,12,16H,9-11H2,1-2H3. The molecule has 0 unspecified atom stereocenters. The number of benzene rings is 1. The maximum atomic E-state index is 4.63. The third-order valence-electron chi connectivity index (χ3n) is 2.86. The lowest BCUT2D eigenvalue weighted by molar-refractivity contribution is 0.535. The molecule has 0 aliphatic heterocycles. The van der Waals surface area contributed by atoms with E-state index in [1.807, 2.05) is 12.1 Å². The van der Waals surface area contributed by atoms with Gasteiger partial charge in [0.25, 0.3) is 0 Å². The second-order valence-electron chi connectivity index (χ2n) is 4.85. The molecule has 90 valence electrons. The summed E-state index contributed by atoms with van der Waals surface area (Å²) in [6.07, 6.45) is 1.22. The van der Waals surface area contributed by atoms with Gasteiger partial charge in [-0.05, 0) is 31.0 Å². The van der Waals surface area contributed by atoms with Crippen molar-refractivity contribution in [1.82, 2.24) is 10.3 Å². The molecule has 0 saturated heterocycles. The minimum Gasteiger partial charge on any atom is -0.311 e. The van der Waals surface area contributed by atoms with Crippen LogP contribution in [0.2, 0.25) is 0 Å². The molecule has 2 heteroatoms. The van der Waals surface area contributed by atoms with Gasteiger partial charge in [-0.1, -0.05) is 38.1 Å². The van der Waals surface area contributed by atoms with Gasteiger partial charge in [-0.2, -0.15) is 0 Å². The molecule has 2 aromatic rings. The topological polar surface area (TPSA) is 24.9 Å². The van der Waals surface area contributed by atoms with Crippen LogP contribution in [-0.4, -0.2) is 11.5 Å². The van der Waals surface area contributed by atoms with Crippen molar-refractivity contribution >= 4 is 10.9 Å². The molecule has 0 aliphatic rings. The first-order valence-corrected chi connectivity index (χ1v) is 6.31. The fourth-order valence-electron chi connectivity index (χ4n) is 1.81. The lowest BCUT2D eigenvalue weighted by Gasteiger charge is -2.07. The average Bonchev–Trinajstić information content (AvgIpc) is 2.34. The van der Waals surface area contributed by atoms with Crippen molar-refractivity contribution in [2.45, 2.75) is 26.8 Å². The Hall–Kier alpha value is -1.41. The molecule has 0 amide bonds. The van der Waals surface area contributed by atoms with E-state index in [2.05, 4.69) is 48.4 Å². The Labute approximate surface area is 103 Å². The largest absolute Gasteiger partial charge is 0.311 e. The smallest absolute Gasteiger partial charge is 0.0705 e. The summed E-state index contributed by atoms with van der Waals surface area (Å²) < 4.78 is 0. The zero-order valence-corrected chi connectivity index (χ0v) is 10.6. The van der Waals surface area contributed by atoms with Crippen LogP contribution in [0.25, 0.3) is 10.9 Å². The van der Waals surface area contributed by atoms with Crippen molar-refractivity contribution < 1.29 is 0 Å². The monoisotopic (exact) mass is 228 g/mol. The Morgan fingerprint density at radius 1 is 1.12 bits per heavy atom. The van der Waals surface area contributed by atoms with E-state index >= 15 is 0 Å². The van der Waals surface area contributed by atoms with Crippen LogP contribution in [0.4, 0.5) is 0 Å². The maximum Gasteiger partial charge on any atom is 0.0705 e. The van der Waals surface area contributed by atoms with Gasteiger partial charge in [-0.25, -0.2) is 0 Å². The summed E-state index contributed by atoms with van der Waals surface area (Å²) in [4.78, 5) is 4.63. The predicted molar refractivity (Wildman–Crippen MR) is 72.9 cm³/mol. The summed E-state index contributed by atoms with van der Waals surface area (Å²) in [6.45, 7) is 6.41. The van der Waals surface area contributed by atoms with Gasteiger partial charge in [0.15, 0.2) is 0 Å². The summed E-state index contributed by atoms with van der Waals surface area (Å²) in [5, 5.41) is 4.64. The highest BCUT2D eigenvalue weighted by molar-refractivity contribution is 5.78. The molecule has 0 radical (unpaired) electrons. The Morgan fingerprint density at radius 3 is 2.76 bits per heavy atom. The minimum atomic E-state index is 0.757. The van der Waals surface area contributed by atoms with Crippen LogP contribution >= 0.6 is 0 Å². The molecule has 2 rings (SSSR count). The Morgan fingerprint density at radius 2 is 1.94 bits per heavy atom. The number of pyridine rings is 1. The molecule has 2 nitrogen and oxygen atoms in total. The van der Waals surface area contributed by atoms with Gasteiger partial charge in [0, 0.05) is 11.9 Å². The van der Waals surface area contributed by atoms with E-state index in [0.717, 1.165) is 30.2 Å². The number of nitrogens with zero attached hydrogens (tertiary/aromatic N) is 1. The van der Waals surface area contributed by atoms with Gasteiger partial charge >= 0.3 is 0 Å². The van der Waals surface area contributed by atoms with E-state index in [1.54, 1.807) is 0 Å². The quantitative estimate of drug-likeness (QED) is 0.794. The van der Waals surface area contributed by atoms with Crippen molar-refractivity contribution in [1.29, 1.82) is 0 Å². The summed E-state index contributed by atoms with van der Waals surface area (Å²) in [5.74, 6) is 0.757. The van der Waals surface area contributed by atoms with Gasteiger partial charge < -0.3 is 5.32 Å². The molecule has 0 aliphatic carbocycles. The summed E-state index contributed by atoms with van der Waals surface area (Å²) in [5.41, 5.74) is 2.20. The van der Waals surface area contributed by atoms with E-state index in [0.29, 0.717) is 0 Å². The van der Waals surface area contributed by atoms with Crippen LogP contribution in [0.5, 0.6) is 0 Å². The molecule has 1 aromatic carbocycles. The van der Waals surface area contributed by atoms with Crippen LogP contribution in [0.3, 0.4) is 0 Å². The van der Waals surface area contributed by atoms with Gasteiger partial charge in [0.1, 0.15) is 0 Å². The highest BCUT2D eigenvalue weighted by atomic mass is 14.9. The first-order valence-electron chi connectivity index (χ1n) is 6.31. The fourth-order valence-corrected chi connectivity index (χ4v) is 1.81. The van der Waals surface area contributed by atoms with Crippen LogP contribution in [-0.2, 0) is 6.54 Å². The molecule has 1 heterocycles. The first-order chi connectivity index (χ1) is 8.25. The lowest BCUT2D eigenvalue weighted by Crippen LogP contribution is -2.17. The van der Waals surface area contributed by atoms with E-state index in [9.17, 15) is 0 Å². The molecule has 0 spiro atoms. The molecular weight excluding hydrogens is 208 g/mol. The van der Waals surface area contributed by atoms with Crippen molar-refractivity contribution in [3.8, 4) is 0 Å². The Balaban J connectivity index is 1.95. The number of para-hydroxylation sites is 1. The molecule has 0 fully saturated rings. The SMILES string of the molecule is CC(C)CCNCc1ccc2ccccc2n1. The van der Waals surface area contributed by atoms with Crippen molar-refractivity contribution in [2.75, 3.05) is 6.54 Å². The molecular formula is C15H20N2. The van der Waals surface area contributed by atoms with Crippen molar-refractivity contribution in [3.05, 3.63) is 42.1 Å².